The largest absolute Gasteiger partial charge is 0.416 e. The summed E-state index contributed by atoms with van der Waals surface area (Å²) in [6.45, 7) is 1.86. The Kier molecular flexibility index (Phi) is 3.91. The lowest BCUT2D eigenvalue weighted by Crippen LogP contribution is -2.08. The minimum atomic E-state index is -4.40. The number of aryl methyl sites for hydroxylation is 1. The van der Waals surface area contributed by atoms with E-state index in [-0.39, 0.29) is 5.69 Å². The van der Waals surface area contributed by atoms with E-state index in [0.717, 1.165) is 17.7 Å². The zero-order valence-corrected chi connectivity index (χ0v) is 12.1. The van der Waals surface area contributed by atoms with E-state index in [9.17, 15) is 13.2 Å². The number of halogens is 4. The molecule has 0 aliphatic heterocycles. The van der Waals surface area contributed by atoms with E-state index in [1.165, 1.54) is 10.6 Å². The van der Waals surface area contributed by atoms with Crippen LogP contribution in [0.3, 0.4) is 0 Å². The Morgan fingerprint density at radius 1 is 1.30 bits per heavy atom. The van der Waals surface area contributed by atoms with Gasteiger partial charge in [-0.3, -0.25) is 0 Å². The van der Waals surface area contributed by atoms with E-state index in [1.54, 1.807) is 12.3 Å². The number of rotatable bonds is 2. The van der Waals surface area contributed by atoms with Crippen LogP contribution in [0.5, 0.6) is 0 Å². The van der Waals surface area contributed by atoms with Crippen LogP contribution in [-0.4, -0.2) is 4.57 Å². The number of nitriles is 1. The molecule has 0 amide bonds. The summed E-state index contributed by atoms with van der Waals surface area (Å²) in [5.74, 6) is 0. The molecular formula is C14H10BrF3N2. The van der Waals surface area contributed by atoms with E-state index in [0.29, 0.717) is 16.6 Å². The summed E-state index contributed by atoms with van der Waals surface area (Å²) in [6.07, 6.45) is -2.24. The third-order valence-electron chi connectivity index (χ3n) is 2.95. The quantitative estimate of drug-likeness (QED) is 0.778. The molecule has 6 heteroatoms. The average molecular weight is 343 g/mol. The van der Waals surface area contributed by atoms with Gasteiger partial charge in [0.15, 0.2) is 0 Å². The zero-order chi connectivity index (χ0) is 14.9. The predicted molar refractivity (Wildman–Crippen MR) is 72.6 cm³/mol. The smallest absolute Gasteiger partial charge is 0.307 e. The molecule has 0 unspecified atom stereocenters. The predicted octanol–water partition coefficient (Wildman–Crippen LogP) is 4.69. The molecule has 0 aliphatic rings. The van der Waals surface area contributed by atoms with Gasteiger partial charge >= 0.3 is 6.18 Å². The fraction of sp³-hybridized carbons (Fsp3) is 0.214. The molecule has 104 valence electrons. The molecular weight excluding hydrogens is 333 g/mol. The van der Waals surface area contributed by atoms with E-state index in [1.807, 2.05) is 13.0 Å². The fourth-order valence-corrected chi connectivity index (χ4v) is 2.40. The minimum Gasteiger partial charge on any atom is -0.307 e. The molecule has 0 bridgehead atoms. The van der Waals surface area contributed by atoms with Gasteiger partial charge in [-0.05, 0) is 46.1 Å². The van der Waals surface area contributed by atoms with Crippen LogP contribution in [0.4, 0.5) is 13.2 Å². The second kappa shape index (κ2) is 5.33. The summed E-state index contributed by atoms with van der Waals surface area (Å²) in [4.78, 5) is 0. The normalized spacial score (nSPS) is 11.4. The molecule has 0 radical (unpaired) electrons. The molecule has 0 fully saturated rings. The first-order valence-electron chi connectivity index (χ1n) is 5.85. The van der Waals surface area contributed by atoms with Gasteiger partial charge in [0, 0.05) is 10.7 Å². The third kappa shape index (κ3) is 2.73. The van der Waals surface area contributed by atoms with Crippen molar-refractivity contribution in [3.8, 4) is 11.8 Å². The summed E-state index contributed by atoms with van der Waals surface area (Å²) in [5, 5.41) is 9.07. The van der Waals surface area contributed by atoms with E-state index >= 15 is 0 Å². The molecule has 1 aromatic heterocycles. The number of benzene rings is 1. The molecule has 2 aromatic rings. The Labute approximate surface area is 122 Å². The summed E-state index contributed by atoms with van der Waals surface area (Å²) in [7, 11) is 0. The number of alkyl halides is 3. The van der Waals surface area contributed by atoms with Gasteiger partial charge in [0.1, 0.15) is 11.8 Å². The standard InChI is InChI=1S/C14H10BrF3N2/c1-2-9-3-4-10(14(16,17)18)5-13(9)20-8-11(15)6-12(20)7-19/h3-6,8H,2H2,1H3. The molecule has 0 atom stereocenters. The van der Waals surface area contributed by atoms with Crippen LogP contribution in [0.1, 0.15) is 23.7 Å². The lowest BCUT2D eigenvalue weighted by Gasteiger charge is -2.14. The number of hydrogen-bond donors (Lipinski definition) is 0. The first-order chi connectivity index (χ1) is 9.36. The summed E-state index contributed by atoms with van der Waals surface area (Å²) in [6, 6.07) is 7.13. The third-order valence-corrected chi connectivity index (χ3v) is 3.39. The molecule has 0 spiro atoms. The first kappa shape index (κ1) is 14.7. The molecule has 0 saturated heterocycles. The molecule has 1 heterocycles. The molecule has 0 aliphatic carbocycles. The van der Waals surface area contributed by atoms with E-state index in [2.05, 4.69) is 15.9 Å². The fourth-order valence-electron chi connectivity index (χ4n) is 1.98. The number of nitrogens with zero attached hydrogens (tertiary/aromatic N) is 2. The zero-order valence-electron chi connectivity index (χ0n) is 10.5. The van der Waals surface area contributed by atoms with E-state index in [4.69, 9.17) is 5.26 Å². The highest BCUT2D eigenvalue weighted by Gasteiger charge is 2.31. The van der Waals surface area contributed by atoms with Crippen molar-refractivity contribution in [2.24, 2.45) is 0 Å². The Hall–Kier alpha value is -1.74. The Morgan fingerprint density at radius 2 is 2.00 bits per heavy atom. The summed E-state index contributed by atoms with van der Waals surface area (Å²) >= 11 is 3.23. The van der Waals surface area contributed by atoms with Crippen molar-refractivity contribution in [1.82, 2.24) is 4.57 Å². The lowest BCUT2D eigenvalue weighted by molar-refractivity contribution is -0.137. The van der Waals surface area contributed by atoms with Crippen molar-refractivity contribution in [2.75, 3.05) is 0 Å². The Morgan fingerprint density at radius 3 is 2.55 bits per heavy atom. The van der Waals surface area contributed by atoms with Gasteiger partial charge in [-0.1, -0.05) is 13.0 Å². The molecule has 2 rings (SSSR count). The first-order valence-corrected chi connectivity index (χ1v) is 6.64. The maximum absolute atomic E-state index is 12.8. The highest BCUT2D eigenvalue weighted by atomic mass is 79.9. The molecule has 0 N–H and O–H groups in total. The number of hydrogen-bond acceptors (Lipinski definition) is 1. The van der Waals surface area contributed by atoms with Crippen LogP contribution < -0.4 is 0 Å². The van der Waals surface area contributed by atoms with Crippen LogP contribution in [0.2, 0.25) is 0 Å². The average Bonchev–Trinajstić information content (AvgIpc) is 2.78. The van der Waals surface area contributed by atoms with E-state index < -0.39 is 11.7 Å². The second-order valence-corrected chi connectivity index (χ2v) is 5.14. The van der Waals surface area contributed by atoms with Crippen LogP contribution >= 0.6 is 15.9 Å². The van der Waals surface area contributed by atoms with Gasteiger partial charge in [0.05, 0.1) is 11.3 Å². The van der Waals surface area contributed by atoms with Gasteiger partial charge in [-0.2, -0.15) is 18.4 Å². The Balaban J connectivity index is 2.68. The summed E-state index contributed by atoms with van der Waals surface area (Å²) < 4.78 is 40.6. The van der Waals surface area contributed by atoms with Crippen LogP contribution in [0, 0.1) is 11.3 Å². The molecule has 0 saturated carbocycles. The van der Waals surface area contributed by atoms with Crippen molar-refractivity contribution in [1.29, 1.82) is 5.26 Å². The van der Waals surface area contributed by atoms with Crippen LogP contribution in [-0.2, 0) is 12.6 Å². The molecule has 2 nitrogen and oxygen atoms in total. The van der Waals surface area contributed by atoms with Crippen LogP contribution in [0.25, 0.3) is 5.69 Å². The van der Waals surface area contributed by atoms with Gasteiger partial charge in [-0.15, -0.1) is 0 Å². The van der Waals surface area contributed by atoms with Crippen molar-refractivity contribution in [2.45, 2.75) is 19.5 Å². The van der Waals surface area contributed by atoms with Gasteiger partial charge in [-0.25, -0.2) is 0 Å². The van der Waals surface area contributed by atoms with Gasteiger partial charge in [0.2, 0.25) is 0 Å². The van der Waals surface area contributed by atoms with Crippen molar-refractivity contribution >= 4 is 15.9 Å². The van der Waals surface area contributed by atoms with Crippen molar-refractivity contribution in [3.05, 3.63) is 51.8 Å². The molecule has 1 aromatic carbocycles. The Bertz CT molecular complexity index is 681. The lowest BCUT2D eigenvalue weighted by atomic mass is 10.1. The molecule has 20 heavy (non-hydrogen) atoms. The van der Waals surface area contributed by atoms with Crippen molar-refractivity contribution < 1.29 is 13.2 Å². The summed E-state index contributed by atoms with van der Waals surface area (Å²) in [5.41, 5.74) is 0.687. The van der Waals surface area contributed by atoms with Gasteiger partial charge in [0.25, 0.3) is 0 Å². The number of aromatic nitrogens is 1. The maximum atomic E-state index is 12.8. The maximum Gasteiger partial charge on any atom is 0.416 e. The van der Waals surface area contributed by atoms with Crippen molar-refractivity contribution in [3.63, 3.8) is 0 Å². The topological polar surface area (TPSA) is 28.7 Å². The van der Waals surface area contributed by atoms with Crippen LogP contribution in [0.15, 0.2) is 34.9 Å². The second-order valence-electron chi connectivity index (χ2n) is 4.22. The monoisotopic (exact) mass is 342 g/mol. The highest BCUT2D eigenvalue weighted by molar-refractivity contribution is 9.10. The highest BCUT2D eigenvalue weighted by Crippen LogP contribution is 2.32. The SMILES string of the molecule is CCc1ccc(C(F)(F)F)cc1-n1cc(Br)cc1C#N. The van der Waals surface area contributed by atoms with Gasteiger partial charge < -0.3 is 4.57 Å². The minimum absolute atomic E-state index is 0.283.